The Hall–Kier alpha value is -1.13. The summed E-state index contributed by atoms with van der Waals surface area (Å²) in [6, 6.07) is 7.77. The van der Waals surface area contributed by atoms with Crippen molar-refractivity contribution in [2.24, 2.45) is 0 Å². The van der Waals surface area contributed by atoms with Crippen LogP contribution in [0.15, 0.2) is 34.8 Å². The minimum atomic E-state index is -0.0968. The van der Waals surface area contributed by atoms with Gasteiger partial charge >= 0.3 is 0 Å². The number of carbonyl (C=O) groups is 1. The highest BCUT2D eigenvalue weighted by Crippen LogP contribution is 2.12. The van der Waals surface area contributed by atoms with Crippen molar-refractivity contribution in [1.82, 2.24) is 5.06 Å². The third kappa shape index (κ3) is 2.93. The van der Waals surface area contributed by atoms with Gasteiger partial charge in [0.05, 0.1) is 13.2 Å². The molecule has 0 aromatic heterocycles. The van der Waals surface area contributed by atoms with Crippen LogP contribution < -0.4 is 0 Å². The van der Waals surface area contributed by atoms with Crippen molar-refractivity contribution in [2.75, 3.05) is 13.2 Å². The predicted molar refractivity (Wildman–Crippen MR) is 65.5 cm³/mol. The quantitative estimate of drug-likeness (QED) is 0.780. The number of halogens is 1. The maximum Gasteiger partial charge on any atom is 0.270 e. The van der Waals surface area contributed by atoms with Crippen molar-refractivity contribution in [3.63, 3.8) is 0 Å². The van der Waals surface area contributed by atoms with Gasteiger partial charge in [-0.15, -0.1) is 0 Å². The molecule has 1 aliphatic rings. The fourth-order valence-electron chi connectivity index (χ4n) is 1.45. The second kappa shape index (κ2) is 5.27. The van der Waals surface area contributed by atoms with E-state index in [1.165, 1.54) is 11.1 Å². The number of hydrogen-bond acceptors (Lipinski definition) is 2. The van der Waals surface area contributed by atoms with E-state index in [1.807, 2.05) is 24.3 Å². The lowest BCUT2D eigenvalue weighted by Gasteiger charge is -2.10. The molecule has 0 atom stereocenters. The van der Waals surface area contributed by atoms with Gasteiger partial charge in [0.15, 0.2) is 0 Å². The van der Waals surface area contributed by atoms with Gasteiger partial charge in [0, 0.05) is 10.5 Å². The summed E-state index contributed by atoms with van der Waals surface area (Å²) < 4.78 is 1.03. The van der Waals surface area contributed by atoms with Crippen molar-refractivity contribution < 1.29 is 9.63 Å². The number of rotatable bonds is 2. The van der Waals surface area contributed by atoms with Crippen LogP contribution in [0.1, 0.15) is 12.0 Å². The van der Waals surface area contributed by atoms with E-state index in [1.54, 1.807) is 6.08 Å². The second-order valence-corrected chi connectivity index (χ2v) is 4.43. The molecular weight excluding hydrogens is 270 g/mol. The highest BCUT2D eigenvalue weighted by Gasteiger charge is 2.16. The van der Waals surface area contributed by atoms with Crippen LogP contribution in [-0.4, -0.2) is 24.1 Å². The fraction of sp³-hybridized carbons (Fsp3) is 0.250. The van der Waals surface area contributed by atoms with Crippen LogP contribution >= 0.6 is 15.9 Å². The zero-order valence-corrected chi connectivity index (χ0v) is 10.3. The Morgan fingerprint density at radius 2 is 2.12 bits per heavy atom. The highest BCUT2D eigenvalue weighted by atomic mass is 79.9. The molecule has 4 heteroatoms. The average Bonchev–Trinajstić information content (AvgIpc) is 2.81. The van der Waals surface area contributed by atoms with Gasteiger partial charge in [-0.25, -0.2) is 5.06 Å². The highest BCUT2D eigenvalue weighted by molar-refractivity contribution is 9.10. The van der Waals surface area contributed by atoms with Gasteiger partial charge in [0.2, 0.25) is 0 Å². The molecule has 0 N–H and O–H groups in total. The lowest BCUT2D eigenvalue weighted by molar-refractivity contribution is -0.162. The molecule has 0 unspecified atom stereocenters. The summed E-state index contributed by atoms with van der Waals surface area (Å²) in [6.07, 6.45) is 4.24. The number of amides is 1. The van der Waals surface area contributed by atoms with Crippen molar-refractivity contribution in [3.8, 4) is 0 Å². The first-order chi connectivity index (χ1) is 7.75. The number of hydroxylamine groups is 2. The summed E-state index contributed by atoms with van der Waals surface area (Å²) in [4.78, 5) is 16.7. The molecule has 0 bridgehead atoms. The van der Waals surface area contributed by atoms with Crippen LogP contribution in [0.5, 0.6) is 0 Å². The molecule has 1 aromatic carbocycles. The van der Waals surface area contributed by atoms with Crippen molar-refractivity contribution >= 4 is 27.9 Å². The Morgan fingerprint density at radius 1 is 1.38 bits per heavy atom. The molecule has 0 radical (unpaired) electrons. The van der Waals surface area contributed by atoms with E-state index in [9.17, 15) is 4.79 Å². The van der Waals surface area contributed by atoms with E-state index in [0.717, 1.165) is 16.5 Å². The average molecular weight is 282 g/mol. The van der Waals surface area contributed by atoms with Crippen molar-refractivity contribution in [2.45, 2.75) is 6.42 Å². The first-order valence-corrected chi connectivity index (χ1v) is 5.93. The Balaban J connectivity index is 1.97. The van der Waals surface area contributed by atoms with Crippen LogP contribution in [0.2, 0.25) is 0 Å². The lowest BCUT2D eigenvalue weighted by Crippen LogP contribution is -2.24. The third-order valence-corrected chi connectivity index (χ3v) is 2.82. The van der Waals surface area contributed by atoms with Gasteiger partial charge in [-0.3, -0.25) is 9.63 Å². The normalized spacial score (nSPS) is 15.9. The van der Waals surface area contributed by atoms with E-state index in [2.05, 4.69) is 15.9 Å². The Labute approximate surface area is 103 Å². The van der Waals surface area contributed by atoms with Crippen LogP contribution in [-0.2, 0) is 9.63 Å². The van der Waals surface area contributed by atoms with Crippen LogP contribution in [0.25, 0.3) is 6.08 Å². The molecule has 3 nitrogen and oxygen atoms in total. The second-order valence-electron chi connectivity index (χ2n) is 3.51. The number of nitrogens with zero attached hydrogens (tertiary/aromatic N) is 1. The van der Waals surface area contributed by atoms with Crippen LogP contribution in [0.3, 0.4) is 0 Å². The summed E-state index contributed by atoms with van der Waals surface area (Å²) >= 11 is 3.36. The first-order valence-electron chi connectivity index (χ1n) is 5.14. The molecule has 1 heterocycles. The molecule has 1 aliphatic heterocycles. The Morgan fingerprint density at radius 3 is 2.75 bits per heavy atom. The molecule has 0 saturated carbocycles. The molecule has 16 heavy (non-hydrogen) atoms. The van der Waals surface area contributed by atoms with Gasteiger partial charge < -0.3 is 0 Å². The minimum Gasteiger partial charge on any atom is -0.271 e. The predicted octanol–water partition coefficient (Wildman–Crippen LogP) is 2.63. The van der Waals surface area contributed by atoms with Gasteiger partial charge in [0.1, 0.15) is 0 Å². The monoisotopic (exact) mass is 281 g/mol. The SMILES string of the molecule is O=C(/C=C/c1ccc(Br)cc1)N1CCCO1. The Kier molecular flexibility index (Phi) is 3.74. The summed E-state index contributed by atoms with van der Waals surface area (Å²) in [5.74, 6) is -0.0968. The third-order valence-electron chi connectivity index (χ3n) is 2.29. The zero-order chi connectivity index (χ0) is 11.4. The van der Waals surface area contributed by atoms with E-state index in [-0.39, 0.29) is 5.91 Å². The Bertz CT molecular complexity index is 394. The van der Waals surface area contributed by atoms with Crippen LogP contribution in [0, 0.1) is 0 Å². The molecule has 1 saturated heterocycles. The molecule has 0 spiro atoms. The van der Waals surface area contributed by atoms with Gasteiger partial charge in [0.25, 0.3) is 5.91 Å². The number of carbonyl (C=O) groups excluding carboxylic acids is 1. The van der Waals surface area contributed by atoms with E-state index in [0.29, 0.717) is 13.2 Å². The van der Waals surface area contributed by atoms with Gasteiger partial charge in [-0.2, -0.15) is 0 Å². The molecule has 2 rings (SSSR count). The van der Waals surface area contributed by atoms with Gasteiger partial charge in [-0.1, -0.05) is 28.1 Å². The van der Waals surface area contributed by atoms with Crippen molar-refractivity contribution in [1.29, 1.82) is 0 Å². The van der Waals surface area contributed by atoms with E-state index < -0.39 is 0 Å². The van der Waals surface area contributed by atoms with Crippen LogP contribution in [0.4, 0.5) is 0 Å². The summed E-state index contributed by atoms with van der Waals surface area (Å²) in [5.41, 5.74) is 0.996. The topological polar surface area (TPSA) is 29.5 Å². The largest absolute Gasteiger partial charge is 0.271 e. The number of hydrogen-bond donors (Lipinski definition) is 0. The smallest absolute Gasteiger partial charge is 0.270 e. The number of benzene rings is 1. The summed E-state index contributed by atoms with van der Waals surface area (Å²) in [7, 11) is 0. The standard InChI is InChI=1S/C12H12BrNO2/c13-11-5-2-10(3-6-11)4-7-12(15)14-8-1-9-16-14/h2-7H,1,8-9H2/b7-4+. The molecule has 84 valence electrons. The van der Waals surface area contributed by atoms with Crippen molar-refractivity contribution in [3.05, 3.63) is 40.4 Å². The summed E-state index contributed by atoms with van der Waals surface area (Å²) in [6.45, 7) is 1.32. The zero-order valence-electron chi connectivity index (χ0n) is 8.73. The first kappa shape index (κ1) is 11.4. The molecule has 1 fully saturated rings. The molecule has 1 aromatic rings. The van der Waals surface area contributed by atoms with E-state index >= 15 is 0 Å². The molecule has 1 amide bonds. The maximum absolute atomic E-state index is 11.6. The summed E-state index contributed by atoms with van der Waals surface area (Å²) in [5, 5.41) is 1.40. The minimum absolute atomic E-state index is 0.0968. The molecular formula is C12H12BrNO2. The van der Waals surface area contributed by atoms with Gasteiger partial charge in [-0.05, 0) is 30.2 Å². The maximum atomic E-state index is 11.6. The van der Waals surface area contributed by atoms with E-state index in [4.69, 9.17) is 4.84 Å². The molecule has 0 aliphatic carbocycles. The lowest BCUT2D eigenvalue weighted by atomic mass is 10.2. The fourth-order valence-corrected chi connectivity index (χ4v) is 1.71.